The van der Waals surface area contributed by atoms with Gasteiger partial charge < -0.3 is 20.3 Å². The molecule has 4 nitrogen and oxygen atoms in total. The van der Waals surface area contributed by atoms with Crippen LogP contribution < -0.4 is 15.2 Å². The second kappa shape index (κ2) is 6.12. The van der Waals surface area contributed by atoms with Gasteiger partial charge in [-0.15, -0.1) is 0 Å². The van der Waals surface area contributed by atoms with Crippen molar-refractivity contribution in [3.63, 3.8) is 0 Å². The Labute approximate surface area is 108 Å². The number of aliphatic hydroxyl groups is 1. The van der Waals surface area contributed by atoms with Gasteiger partial charge in [0.2, 0.25) is 0 Å². The number of benzene rings is 1. The van der Waals surface area contributed by atoms with Crippen molar-refractivity contribution in [2.45, 2.75) is 24.7 Å². The quantitative estimate of drug-likeness (QED) is 0.865. The van der Waals surface area contributed by atoms with E-state index in [4.69, 9.17) is 15.2 Å². The smallest absolute Gasteiger partial charge is 0.403 e. The van der Waals surface area contributed by atoms with Crippen LogP contribution >= 0.6 is 0 Å². The third kappa shape index (κ3) is 4.00. The van der Waals surface area contributed by atoms with Crippen LogP contribution in [-0.4, -0.2) is 31.5 Å². The minimum atomic E-state index is -4.53. The van der Waals surface area contributed by atoms with Gasteiger partial charge in [-0.1, -0.05) is 6.07 Å². The average Bonchev–Trinajstić information content (AvgIpc) is 2.36. The fourth-order valence-electron chi connectivity index (χ4n) is 1.57. The van der Waals surface area contributed by atoms with Gasteiger partial charge in [0, 0.05) is 6.42 Å². The Morgan fingerprint density at radius 3 is 2.26 bits per heavy atom. The highest BCUT2D eigenvalue weighted by molar-refractivity contribution is 5.43. The molecule has 1 aromatic carbocycles. The maximum atomic E-state index is 12.3. The third-order valence-electron chi connectivity index (χ3n) is 2.69. The molecule has 2 unspecified atom stereocenters. The lowest BCUT2D eigenvalue weighted by atomic mass is 10.0. The largest absolute Gasteiger partial charge is 0.493 e. The molecule has 3 N–H and O–H groups in total. The molecule has 1 aromatic rings. The van der Waals surface area contributed by atoms with Gasteiger partial charge in [0.25, 0.3) is 0 Å². The predicted molar refractivity (Wildman–Crippen MR) is 63.2 cm³/mol. The molecule has 0 aliphatic carbocycles. The van der Waals surface area contributed by atoms with Crippen molar-refractivity contribution in [1.82, 2.24) is 0 Å². The van der Waals surface area contributed by atoms with Gasteiger partial charge in [-0.05, 0) is 17.7 Å². The summed E-state index contributed by atoms with van der Waals surface area (Å²) in [5.74, 6) is 0.762. The molecule has 19 heavy (non-hydrogen) atoms. The summed E-state index contributed by atoms with van der Waals surface area (Å²) in [6.45, 7) is 0. The summed E-state index contributed by atoms with van der Waals surface area (Å²) in [6.07, 6.45) is -6.47. The maximum absolute atomic E-state index is 12.3. The Kier molecular flexibility index (Phi) is 5.02. The molecule has 0 fully saturated rings. The van der Waals surface area contributed by atoms with Crippen molar-refractivity contribution in [2.24, 2.45) is 5.73 Å². The Balaban J connectivity index is 2.85. The molecule has 0 aromatic heterocycles. The Morgan fingerprint density at radius 2 is 1.79 bits per heavy atom. The topological polar surface area (TPSA) is 64.7 Å². The zero-order valence-electron chi connectivity index (χ0n) is 10.6. The van der Waals surface area contributed by atoms with E-state index in [0.717, 1.165) is 0 Å². The summed E-state index contributed by atoms with van der Waals surface area (Å²) in [4.78, 5) is 0. The molecule has 2 atom stereocenters. The number of methoxy groups -OCH3 is 2. The van der Waals surface area contributed by atoms with Crippen LogP contribution in [0.3, 0.4) is 0 Å². The fourth-order valence-corrected chi connectivity index (χ4v) is 1.57. The van der Waals surface area contributed by atoms with E-state index in [9.17, 15) is 18.3 Å². The zero-order valence-corrected chi connectivity index (χ0v) is 10.6. The minimum absolute atomic E-state index is 0.289. The molecule has 0 bridgehead atoms. The van der Waals surface area contributed by atoms with Crippen LogP contribution in [0.4, 0.5) is 13.2 Å². The summed E-state index contributed by atoms with van der Waals surface area (Å²) in [7, 11) is 2.84. The summed E-state index contributed by atoms with van der Waals surface area (Å²) >= 11 is 0. The molecule has 0 saturated heterocycles. The minimum Gasteiger partial charge on any atom is -0.493 e. The molecule has 0 aliphatic heterocycles. The van der Waals surface area contributed by atoms with Crippen LogP contribution in [-0.2, 0) is 0 Å². The lowest BCUT2D eigenvalue weighted by Crippen LogP contribution is -2.38. The van der Waals surface area contributed by atoms with Crippen molar-refractivity contribution < 1.29 is 27.8 Å². The number of hydrogen-bond donors (Lipinski definition) is 2. The number of alkyl halides is 3. The molecular formula is C12H16F3NO3. The predicted octanol–water partition coefficient (Wildman–Crippen LogP) is 2.02. The first kappa shape index (κ1) is 15.6. The zero-order chi connectivity index (χ0) is 14.6. The number of hydrogen-bond acceptors (Lipinski definition) is 4. The lowest BCUT2D eigenvalue weighted by molar-refractivity contribution is -0.153. The highest BCUT2D eigenvalue weighted by Crippen LogP contribution is 2.32. The lowest BCUT2D eigenvalue weighted by Gasteiger charge is -2.20. The van der Waals surface area contributed by atoms with Gasteiger partial charge in [0.05, 0.1) is 20.3 Å². The van der Waals surface area contributed by atoms with Crippen LogP contribution in [0.15, 0.2) is 18.2 Å². The molecule has 0 amide bonds. The first-order valence-electron chi connectivity index (χ1n) is 5.52. The molecule has 0 saturated carbocycles. The van der Waals surface area contributed by atoms with E-state index < -0.39 is 24.7 Å². The number of rotatable bonds is 5. The van der Waals surface area contributed by atoms with Gasteiger partial charge in [-0.3, -0.25) is 0 Å². The molecule has 1 rings (SSSR count). The van der Waals surface area contributed by atoms with E-state index >= 15 is 0 Å². The summed E-state index contributed by atoms with van der Waals surface area (Å²) in [5.41, 5.74) is 5.26. The standard InChI is InChI=1S/C12H16F3NO3/c1-18-9-4-3-7(5-10(9)19-2)8(17)6-11(16)12(13,14)15/h3-5,8,11,17H,6,16H2,1-2H3. The van der Waals surface area contributed by atoms with Crippen LogP contribution in [0, 0.1) is 0 Å². The van der Waals surface area contributed by atoms with Gasteiger partial charge >= 0.3 is 6.18 Å². The maximum Gasteiger partial charge on any atom is 0.403 e. The van der Waals surface area contributed by atoms with Crippen LogP contribution in [0.5, 0.6) is 11.5 Å². The van der Waals surface area contributed by atoms with Crippen LogP contribution in [0.25, 0.3) is 0 Å². The summed E-state index contributed by atoms with van der Waals surface area (Å²) in [5, 5.41) is 9.76. The van der Waals surface area contributed by atoms with E-state index in [1.807, 2.05) is 0 Å². The second-order valence-corrected chi connectivity index (χ2v) is 4.01. The van der Waals surface area contributed by atoms with Crippen LogP contribution in [0.1, 0.15) is 18.1 Å². The summed E-state index contributed by atoms with van der Waals surface area (Å²) in [6, 6.07) is 2.33. The van der Waals surface area contributed by atoms with Crippen molar-refractivity contribution in [3.05, 3.63) is 23.8 Å². The van der Waals surface area contributed by atoms with Crippen molar-refractivity contribution in [3.8, 4) is 11.5 Å². The number of ether oxygens (including phenoxy) is 2. The monoisotopic (exact) mass is 279 g/mol. The average molecular weight is 279 g/mol. The molecule has 108 valence electrons. The Bertz CT molecular complexity index is 423. The van der Waals surface area contributed by atoms with Gasteiger partial charge in [-0.2, -0.15) is 13.2 Å². The first-order valence-corrected chi connectivity index (χ1v) is 5.52. The van der Waals surface area contributed by atoms with E-state index in [0.29, 0.717) is 11.5 Å². The highest BCUT2D eigenvalue weighted by Gasteiger charge is 2.38. The fraction of sp³-hybridized carbons (Fsp3) is 0.500. The molecule has 0 radical (unpaired) electrons. The number of nitrogens with two attached hydrogens (primary N) is 1. The van der Waals surface area contributed by atoms with Gasteiger partial charge in [0.1, 0.15) is 6.04 Å². The number of halogens is 3. The summed E-state index contributed by atoms with van der Waals surface area (Å²) < 4.78 is 46.9. The van der Waals surface area contributed by atoms with Gasteiger partial charge in [0.15, 0.2) is 11.5 Å². The van der Waals surface area contributed by atoms with Crippen molar-refractivity contribution in [1.29, 1.82) is 0 Å². The van der Waals surface area contributed by atoms with Gasteiger partial charge in [-0.25, -0.2) is 0 Å². The van der Waals surface area contributed by atoms with E-state index in [-0.39, 0.29) is 5.56 Å². The van der Waals surface area contributed by atoms with E-state index in [1.165, 1.54) is 32.4 Å². The second-order valence-electron chi connectivity index (χ2n) is 4.01. The van der Waals surface area contributed by atoms with Crippen molar-refractivity contribution >= 4 is 0 Å². The number of aliphatic hydroxyl groups excluding tert-OH is 1. The molecule has 0 heterocycles. The highest BCUT2D eigenvalue weighted by atomic mass is 19.4. The van der Waals surface area contributed by atoms with E-state index in [2.05, 4.69) is 0 Å². The molecular weight excluding hydrogens is 263 g/mol. The van der Waals surface area contributed by atoms with E-state index in [1.54, 1.807) is 0 Å². The van der Waals surface area contributed by atoms with Crippen molar-refractivity contribution in [2.75, 3.05) is 14.2 Å². The molecule has 7 heteroatoms. The normalized spacial score (nSPS) is 14.9. The Hall–Kier alpha value is -1.47. The van der Waals surface area contributed by atoms with Crippen LogP contribution in [0.2, 0.25) is 0 Å². The SMILES string of the molecule is COc1ccc(C(O)CC(N)C(F)(F)F)cc1OC. The molecule has 0 aliphatic rings. The first-order chi connectivity index (χ1) is 8.79. The molecule has 0 spiro atoms. The Morgan fingerprint density at radius 1 is 1.21 bits per heavy atom. The third-order valence-corrected chi connectivity index (χ3v) is 2.69.